The zero-order valence-corrected chi connectivity index (χ0v) is 18.9. The molecule has 0 fully saturated rings. The Kier molecular flexibility index (Phi) is 4.23. The van der Waals surface area contributed by atoms with Crippen molar-refractivity contribution in [2.45, 2.75) is 45.7 Å². The quantitative estimate of drug-likeness (QED) is 0.661. The maximum atomic E-state index is 6.46. The van der Waals surface area contributed by atoms with E-state index in [4.69, 9.17) is 19.2 Å². The summed E-state index contributed by atoms with van der Waals surface area (Å²) in [6.07, 6.45) is 4.18. The van der Waals surface area contributed by atoms with Crippen molar-refractivity contribution in [2.75, 3.05) is 19.0 Å². The van der Waals surface area contributed by atoms with Gasteiger partial charge in [0.05, 0.1) is 23.8 Å². The van der Waals surface area contributed by atoms with Crippen molar-refractivity contribution in [1.29, 1.82) is 0 Å². The smallest absolute Gasteiger partial charge is 0.213 e. The van der Waals surface area contributed by atoms with Crippen molar-refractivity contribution in [2.24, 2.45) is 4.99 Å². The van der Waals surface area contributed by atoms with Gasteiger partial charge in [-0.15, -0.1) is 0 Å². The summed E-state index contributed by atoms with van der Waals surface area (Å²) < 4.78 is 18.0. The molecule has 31 heavy (non-hydrogen) atoms. The molecule has 0 aromatic heterocycles. The highest BCUT2D eigenvalue weighted by Gasteiger charge is 2.34. The van der Waals surface area contributed by atoms with E-state index >= 15 is 0 Å². The SMILES string of the molecule is COc1cccc2c1-c1ccc3c(c1/C(=C\C1=NC(C)(C)CO1)O2)C(C)=CC(C)(C)N3. The van der Waals surface area contributed by atoms with E-state index < -0.39 is 0 Å². The Balaban J connectivity index is 1.79. The van der Waals surface area contributed by atoms with Gasteiger partial charge in [-0.1, -0.05) is 18.2 Å². The standard InChI is InChI=1S/C26H28N2O3/c1-15-13-25(2,3)27-17-11-10-16-23-18(29-6)8-7-9-19(23)31-20(24(16)22(15)17)12-21-28-26(4,5)14-30-21/h7-13,27H,14H2,1-6H3/b20-12+. The molecule has 1 N–H and O–H groups in total. The Bertz CT molecular complexity index is 1190. The summed E-state index contributed by atoms with van der Waals surface area (Å²) in [6, 6.07) is 10.2. The van der Waals surface area contributed by atoms with Gasteiger partial charge in [-0.05, 0) is 58.4 Å². The van der Waals surface area contributed by atoms with Gasteiger partial charge >= 0.3 is 0 Å². The molecule has 5 heteroatoms. The molecule has 0 bridgehead atoms. The highest BCUT2D eigenvalue weighted by Crippen LogP contribution is 2.51. The van der Waals surface area contributed by atoms with E-state index in [1.165, 1.54) is 5.57 Å². The molecule has 5 rings (SSSR count). The van der Waals surface area contributed by atoms with Gasteiger partial charge in [-0.25, -0.2) is 4.99 Å². The first-order valence-electron chi connectivity index (χ1n) is 10.6. The van der Waals surface area contributed by atoms with Crippen LogP contribution in [-0.2, 0) is 4.74 Å². The van der Waals surface area contributed by atoms with Crippen molar-refractivity contribution in [3.05, 3.63) is 53.6 Å². The average Bonchev–Trinajstić information content (AvgIpc) is 3.04. The number of allylic oxidation sites excluding steroid dienone is 1. The van der Waals surface area contributed by atoms with Crippen molar-refractivity contribution >= 4 is 22.9 Å². The van der Waals surface area contributed by atoms with Gasteiger partial charge in [0.2, 0.25) is 5.90 Å². The first-order chi connectivity index (χ1) is 14.7. The maximum absolute atomic E-state index is 6.46. The molecule has 0 aliphatic carbocycles. The molecule has 0 radical (unpaired) electrons. The third-order valence-electron chi connectivity index (χ3n) is 5.82. The van der Waals surface area contributed by atoms with Gasteiger partial charge < -0.3 is 19.5 Å². The van der Waals surface area contributed by atoms with Gasteiger partial charge in [-0.3, -0.25) is 0 Å². The molecule has 3 aliphatic heterocycles. The van der Waals surface area contributed by atoms with Crippen molar-refractivity contribution in [3.63, 3.8) is 0 Å². The number of hydrogen-bond donors (Lipinski definition) is 1. The van der Waals surface area contributed by atoms with Crippen LogP contribution in [0, 0.1) is 0 Å². The Morgan fingerprint density at radius 2 is 1.87 bits per heavy atom. The van der Waals surface area contributed by atoms with E-state index in [0.717, 1.165) is 45.2 Å². The number of methoxy groups -OCH3 is 1. The molecule has 5 nitrogen and oxygen atoms in total. The number of ether oxygens (including phenoxy) is 3. The third-order valence-corrected chi connectivity index (χ3v) is 5.82. The van der Waals surface area contributed by atoms with Crippen LogP contribution < -0.4 is 14.8 Å². The van der Waals surface area contributed by atoms with Gasteiger partial charge in [0.1, 0.15) is 23.9 Å². The average molecular weight is 417 g/mol. The lowest BCUT2D eigenvalue weighted by atomic mass is 9.83. The number of aliphatic imine (C=N–C) groups is 1. The number of benzene rings is 2. The predicted octanol–water partition coefficient (Wildman–Crippen LogP) is 5.91. The lowest BCUT2D eigenvalue weighted by Gasteiger charge is -2.35. The summed E-state index contributed by atoms with van der Waals surface area (Å²) in [5.41, 5.74) is 6.15. The maximum Gasteiger partial charge on any atom is 0.213 e. The Labute approximate surface area is 183 Å². The van der Waals surface area contributed by atoms with Crippen LogP contribution >= 0.6 is 0 Å². The second kappa shape index (κ2) is 6.64. The number of rotatable bonds is 2. The van der Waals surface area contributed by atoms with E-state index in [9.17, 15) is 0 Å². The van der Waals surface area contributed by atoms with Crippen molar-refractivity contribution < 1.29 is 14.2 Å². The number of fused-ring (bicyclic) bond motifs is 5. The minimum Gasteiger partial charge on any atom is -0.496 e. The number of anilines is 1. The van der Waals surface area contributed by atoms with Crippen LogP contribution in [0.15, 0.2) is 47.5 Å². The molecule has 0 saturated heterocycles. The molecule has 0 atom stereocenters. The third kappa shape index (κ3) is 3.29. The predicted molar refractivity (Wildman–Crippen MR) is 126 cm³/mol. The van der Waals surface area contributed by atoms with Crippen LogP contribution in [0.2, 0.25) is 0 Å². The fourth-order valence-corrected chi connectivity index (χ4v) is 4.68. The van der Waals surface area contributed by atoms with Crippen LogP contribution in [0.5, 0.6) is 11.5 Å². The molecule has 3 aliphatic rings. The summed E-state index contributed by atoms with van der Waals surface area (Å²) in [4.78, 5) is 4.71. The Morgan fingerprint density at radius 3 is 2.58 bits per heavy atom. The Morgan fingerprint density at radius 1 is 1.06 bits per heavy atom. The lowest BCUT2D eigenvalue weighted by Crippen LogP contribution is -2.32. The topological polar surface area (TPSA) is 52.1 Å². The second-order valence-corrected chi connectivity index (χ2v) is 9.58. The molecular formula is C26H28N2O3. The summed E-state index contributed by atoms with van der Waals surface area (Å²) in [5.74, 6) is 2.89. The monoisotopic (exact) mass is 416 g/mol. The van der Waals surface area contributed by atoms with Crippen LogP contribution in [0.4, 0.5) is 5.69 Å². The van der Waals surface area contributed by atoms with Gasteiger partial charge in [0, 0.05) is 28.5 Å². The van der Waals surface area contributed by atoms with E-state index in [1.807, 2.05) is 24.3 Å². The fourth-order valence-electron chi connectivity index (χ4n) is 4.68. The number of nitrogens with one attached hydrogen (secondary N) is 1. The zero-order chi connectivity index (χ0) is 22.0. The van der Waals surface area contributed by atoms with E-state index in [-0.39, 0.29) is 11.1 Å². The molecule has 0 amide bonds. The normalized spacial score (nSPS) is 20.9. The lowest BCUT2D eigenvalue weighted by molar-refractivity contribution is 0.280. The van der Waals surface area contributed by atoms with E-state index in [2.05, 4.69) is 58.1 Å². The first-order valence-corrected chi connectivity index (χ1v) is 10.6. The van der Waals surface area contributed by atoms with Crippen LogP contribution in [-0.4, -0.2) is 30.7 Å². The molecular weight excluding hydrogens is 388 g/mol. The van der Waals surface area contributed by atoms with Crippen molar-refractivity contribution in [3.8, 4) is 22.6 Å². The molecule has 2 aromatic rings. The zero-order valence-electron chi connectivity index (χ0n) is 18.9. The molecule has 160 valence electrons. The minimum atomic E-state index is -0.234. The number of hydrogen-bond acceptors (Lipinski definition) is 5. The van der Waals surface area contributed by atoms with Gasteiger partial charge in [0.15, 0.2) is 0 Å². The van der Waals surface area contributed by atoms with Crippen molar-refractivity contribution in [1.82, 2.24) is 0 Å². The highest BCUT2D eigenvalue weighted by atomic mass is 16.5. The molecule has 0 saturated carbocycles. The van der Waals surface area contributed by atoms with Gasteiger partial charge in [0.25, 0.3) is 0 Å². The minimum absolute atomic E-state index is 0.122. The molecule has 2 aromatic carbocycles. The van der Waals surface area contributed by atoms with Gasteiger partial charge in [-0.2, -0.15) is 0 Å². The van der Waals surface area contributed by atoms with Crippen LogP contribution in [0.25, 0.3) is 22.5 Å². The fraction of sp³-hybridized carbons (Fsp3) is 0.346. The van der Waals surface area contributed by atoms with E-state index in [0.29, 0.717) is 12.5 Å². The summed E-state index contributed by atoms with van der Waals surface area (Å²) >= 11 is 0. The van der Waals surface area contributed by atoms with Crippen LogP contribution in [0.3, 0.4) is 0 Å². The first kappa shape index (κ1) is 19.7. The highest BCUT2D eigenvalue weighted by molar-refractivity contribution is 6.04. The largest absolute Gasteiger partial charge is 0.496 e. The molecule has 0 unspecified atom stereocenters. The molecule has 3 heterocycles. The second-order valence-electron chi connectivity index (χ2n) is 9.58. The summed E-state index contributed by atoms with van der Waals surface area (Å²) in [6.45, 7) is 11.2. The Hall–Kier alpha value is -3.21. The summed E-state index contributed by atoms with van der Waals surface area (Å²) in [5, 5.41) is 3.64. The van der Waals surface area contributed by atoms with Crippen LogP contribution in [0.1, 0.15) is 45.7 Å². The summed E-state index contributed by atoms with van der Waals surface area (Å²) in [7, 11) is 1.69. The number of nitrogens with zero attached hydrogens (tertiary/aromatic N) is 1. The van der Waals surface area contributed by atoms with E-state index in [1.54, 1.807) is 7.11 Å². The molecule has 0 spiro atoms.